The fourth-order valence-electron chi connectivity index (χ4n) is 2.16. The Morgan fingerprint density at radius 2 is 2.10 bits per heavy atom. The number of nitrogens with one attached hydrogen (secondary N) is 1. The molecule has 6 heteroatoms. The van der Waals surface area contributed by atoms with E-state index in [0.29, 0.717) is 13.1 Å². The van der Waals surface area contributed by atoms with Gasteiger partial charge in [0, 0.05) is 29.2 Å². The summed E-state index contributed by atoms with van der Waals surface area (Å²) in [5.74, 6) is -1.17. The molecule has 1 saturated heterocycles. The Labute approximate surface area is 126 Å². The van der Waals surface area contributed by atoms with Gasteiger partial charge >= 0.3 is 12.0 Å². The predicted octanol–water partition coefficient (Wildman–Crippen LogP) is 2.94. The van der Waals surface area contributed by atoms with Crippen LogP contribution in [0.4, 0.5) is 10.5 Å². The summed E-state index contributed by atoms with van der Waals surface area (Å²) >= 11 is 3.37. The van der Waals surface area contributed by atoms with E-state index in [1.165, 1.54) is 0 Å². The predicted molar refractivity (Wildman–Crippen MR) is 79.8 cm³/mol. The molecule has 1 heterocycles. The smallest absolute Gasteiger partial charge is 0.321 e. The largest absolute Gasteiger partial charge is 0.481 e. The molecule has 0 aromatic heterocycles. The number of likely N-dealkylation sites (tertiary alicyclic amines) is 1. The maximum absolute atomic E-state index is 12.0. The van der Waals surface area contributed by atoms with Gasteiger partial charge in [0.1, 0.15) is 0 Å². The number of rotatable bonds is 3. The summed E-state index contributed by atoms with van der Waals surface area (Å²) in [6, 6.07) is 5.47. The highest BCUT2D eigenvalue weighted by Crippen LogP contribution is 2.26. The summed E-state index contributed by atoms with van der Waals surface area (Å²) in [5, 5.41) is 11.8. The van der Waals surface area contributed by atoms with Crippen LogP contribution in [-0.2, 0) is 4.79 Å². The van der Waals surface area contributed by atoms with Crippen LogP contribution < -0.4 is 5.32 Å². The van der Waals surface area contributed by atoms with Crippen LogP contribution in [0, 0.1) is 18.8 Å². The minimum Gasteiger partial charge on any atom is -0.481 e. The van der Waals surface area contributed by atoms with Gasteiger partial charge in [-0.1, -0.05) is 22.9 Å². The Morgan fingerprint density at radius 1 is 1.45 bits per heavy atom. The van der Waals surface area contributed by atoms with Crippen LogP contribution in [0.25, 0.3) is 0 Å². The molecular formula is C14H17BrN2O3. The van der Waals surface area contributed by atoms with Crippen molar-refractivity contribution in [1.82, 2.24) is 4.90 Å². The van der Waals surface area contributed by atoms with Crippen molar-refractivity contribution in [3.8, 4) is 0 Å². The first kappa shape index (κ1) is 14.8. The molecule has 2 N–H and O–H groups in total. The normalized spacial score (nSPS) is 16.4. The Hall–Kier alpha value is -1.56. The molecule has 0 spiro atoms. The molecule has 2 rings (SSSR count). The van der Waals surface area contributed by atoms with Crippen molar-refractivity contribution >= 4 is 33.6 Å². The average Bonchev–Trinajstić information content (AvgIpc) is 2.30. The topological polar surface area (TPSA) is 69.6 Å². The molecule has 1 fully saturated rings. The van der Waals surface area contributed by atoms with E-state index in [4.69, 9.17) is 5.11 Å². The molecule has 20 heavy (non-hydrogen) atoms. The molecule has 0 saturated carbocycles. The molecule has 1 aliphatic heterocycles. The molecule has 0 bridgehead atoms. The number of carboxylic acid groups (broad SMARTS) is 1. The van der Waals surface area contributed by atoms with Crippen molar-refractivity contribution in [2.75, 3.05) is 18.4 Å². The van der Waals surface area contributed by atoms with E-state index in [0.717, 1.165) is 15.7 Å². The lowest BCUT2D eigenvalue weighted by Crippen LogP contribution is -2.54. The Bertz CT molecular complexity index is 541. The highest BCUT2D eigenvalue weighted by atomic mass is 79.9. The minimum atomic E-state index is -0.807. The SMILES string of the molecule is Cc1cc(Br)ccc1NC(=O)N1CC(C(C)C(=O)O)C1. The first-order chi connectivity index (χ1) is 9.38. The number of hydrogen-bond donors (Lipinski definition) is 2. The van der Waals surface area contributed by atoms with Gasteiger partial charge in [-0.2, -0.15) is 0 Å². The number of carbonyl (C=O) groups is 2. The number of aliphatic carboxylic acids is 1. The van der Waals surface area contributed by atoms with Gasteiger partial charge in [0.15, 0.2) is 0 Å². The van der Waals surface area contributed by atoms with E-state index in [1.54, 1.807) is 11.8 Å². The van der Waals surface area contributed by atoms with Gasteiger partial charge in [-0.05, 0) is 30.7 Å². The monoisotopic (exact) mass is 340 g/mol. The number of benzene rings is 1. The summed E-state index contributed by atoms with van der Waals surface area (Å²) in [6.45, 7) is 4.59. The van der Waals surface area contributed by atoms with E-state index in [2.05, 4.69) is 21.2 Å². The zero-order valence-electron chi connectivity index (χ0n) is 11.4. The second-order valence-corrected chi connectivity index (χ2v) is 6.10. The van der Waals surface area contributed by atoms with Gasteiger partial charge in [-0.3, -0.25) is 4.79 Å². The highest BCUT2D eigenvalue weighted by molar-refractivity contribution is 9.10. The van der Waals surface area contributed by atoms with E-state index in [9.17, 15) is 9.59 Å². The number of hydrogen-bond acceptors (Lipinski definition) is 2. The Kier molecular flexibility index (Phi) is 4.32. The molecule has 0 aliphatic carbocycles. The Morgan fingerprint density at radius 3 is 2.65 bits per heavy atom. The van der Waals surface area contributed by atoms with Crippen LogP contribution in [0.3, 0.4) is 0 Å². The molecule has 1 aromatic rings. The van der Waals surface area contributed by atoms with Crippen LogP contribution in [0.15, 0.2) is 22.7 Å². The molecule has 108 valence electrons. The van der Waals surface area contributed by atoms with Gasteiger partial charge in [0.05, 0.1) is 5.92 Å². The van der Waals surface area contributed by atoms with Crippen LogP contribution in [-0.4, -0.2) is 35.1 Å². The maximum Gasteiger partial charge on any atom is 0.321 e. The van der Waals surface area contributed by atoms with Crippen LogP contribution >= 0.6 is 15.9 Å². The number of aryl methyl sites for hydroxylation is 1. The number of amides is 2. The molecule has 1 unspecified atom stereocenters. The summed E-state index contributed by atoms with van der Waals surface area (Å²) in [6.07, 6.45) is 0. The molecule has 1 atom stereocenters. The van der Waals surface area contributed by atoms with E-state index in [-0.39, 0.29) is 11.9 Å². The van der Waals surface area contributed by atoms with Crippen molar-refractivity contribution < 1.29 is 14.7 Å². The molecule has 5 nitrogen and oxygen atoms in total. The number of anilines is 1. The number of urea groups is 1. The van der Waals surface area contributed by atoms with Crippen molar-refractivity contribution in [3.63, 3.8) is 0 Å². The third-order valence-corrected chi connectivity index (χ3v) is 4.22. The molecular weight excluding hydrogens is 324 g/mol. The standard InChI is InChI=1S/C14H17BrN2O3/c1-8-5-11(15)3-4-12(8)16-14(20)17-6-10(7-17)9(2)13(18)19/h3-5,9-10H,6-7H2,1-2H3,(H,16,20)(H,18,19). The maximum atomic E-state index is 12.0. The van der Waals surface area contributed by atoms with Gasteiger partial charge in [-0.15, -0.1) is 0 Å². The number of halogens is 1. The van der Waals surface area contributed by atoms with Crippen LogP contribution in [0.2, 0.25) is 0 Å². The molecule has 1 aromatic carbocycles. The summed E-state index contributed by atoms with van der Waals surface area (Å²) in [4.78, 5) is 24.5. The van der Waals surface area contributed by atoms with E-state index in [1.807, 2.05) is 25.1 Å². The van der Waals surface area contributed by atoms with Crippen LogP contribution in [0.1, 0.15) is 12.5 Å². The highest BCUT2D eigenvalue weighted by Gasteiger charge is 2.37. The lowest BCUT2D eigenvalue weighted by molar-refractivity contribution is -0.144. The lowest BCUT2D eigenvalue weighted by Gasteiger charge is -2.41. The third kappa shape index (κ3) is 3.12. The van der Waals surface area contributed by atoms with Gasteiger partial charge in [0.2, 0.25) is 0 Å². The number of carboxylic acids is 1. The average molecular weight is 341 g/mol. The molecule has 0 radical (unpaired) electrons. The fraction of sp³-hybridized carbons (Fsp3) is 0.429. The summed E-state index contributed by atoms with van der Waals surface area (Å²) in [7, 11) is 0. The zero-order valence-corrected chi connectivity index (χ0v) is 13.0. The van der Waals surface area contributed by atoms with Crippen LogP contribution in [0.5, 0.6) is 0 Å². The summed E-state index contributed by atoms with van der Waals surface area (Å²) < 4.78 is 0.965. The summed E-state index contributed by atoms with van der Waals surface area (Å²) in [5.41, 5.74) is 1.75. The van der Waals surface area contributed by atoms with Crippen molar-refractivity contribution in [2.24, 2.45) is 11.8 Å². The van der Waals surface area contributed by atoms with Crippen molar-refractivity contribution in [2.45, 2.75) is 13.8 Å². The molecule has 1 aliphatic rings. The molecule has 2 amide bonds. The van der Waals surface area contributed by atoms with E-state index < -0.39 is 11.9 Å². The third-order valence-electron chi connectivity index (χ3n) is 3.72. The first-order valence-corrected chi connectivity index (χ1v) is 7.22. The number of nitrogens with zero attached hydrogens (tertiary/aromatic N) is 1. The quantitative estimate of drug-likeness (QED) is 0.888. The lowest BCUT2D eigenvalue weighted by atomic mass is 9.87. The zero-order chi connectivity index (χ0) is 14.9. The Balaban J connectivity index is 1.90. The minimum absolute atomic E-state index is 0.0456. The van der Waals surface area contributed by atoms with Gasteiger partial charge in [-0.25, -0.2) is 4.79 Å². The first-order valence-electron chi connectivity index (χ1n) is 6.43. The van der Waals surface area contributed by atoms with E-state index >= 15 is 0 Å². The van der Waals surface area contributed by atoms with Crippen molar-refractivity contribution in [3.05, 3.63) is 28.2 Å². The fourth-order valence-corrected chi connectivity index (χ4v) is 2.63. The van der Waals surface area contributed by atoms with Gasteiger partial charge < -0.3 is 15.3 Å². The second-order valence-electron chi connectivity index (χ2n) is 5.18. The second kappa shape index (κ2) is 5.83. The van der Waals surface area contributed by atoms with Gasteiger partial charge in [0.25, 0.3) is 0 Å². The van der Waals surface area contributed by atoms with Crippen molar-refractivity contribution in [1.29, 1.82) is 0 Å². The number of carbonyl (C=O) groups excluding carboxylic acids is 1.